The molecule has 2 saturated heterocycles. The van der Waals surface area contributed by atoms with Crippen molar-refractivity contribution >= 4 is 35.2 Å². The number of hydrogen-bond donors (Lipinski definition) is 1. The fourth-order valence-corrected chi connectivity index (χ4v) is 7.16. The van der Waals surface area contributed by atoms with Crippen LogP contribution >= 0.6 is 11.6 Å². The van der Waals surface area contributed by atoms with Crippen molar-refractivity contribution in [1.82, 2.24) is 15.1 Å². The van der Waals surface area contributed by atoms with E-state index in [2.05, 4.69) is 65.4 Å². The molecule has 2 aliphatic heterocycles. The van der Waals surface area contributed by atoms with Gasteiger partial charge in [-0.3, -0.25) is 14.5 Å². The summed E-state index contributed by atoms with van der Waals surface area (Å²) >= 11 is 6.23. The SMILES string of the molecule is Cc1cccc(CN2C(=O)/C(=C\c3ccc(C(=O)NCCCN4CCN(c5cc(Cl)ccc5C)CC4)cc3)OC3CCCCC32)c1. The van der Waals surface area contributed by atoms with E-state index in [1.54, 1.807) is 0 Å². The van der Waals surface area contributed by atoms with Crippen LogP contribution in [0.5, 0.6) is 0 Å². The first kappa shape index (κ1) is 32.1. The van der Waals surface area contributed by atoms with Crippen molar-refractivity contribution in [2.45, 2.75) is 64.6 Å². The van der Waals surface area contributed by atoms with Gasteiger partial charge in [-0.25, -0.2) is 0 Å². The zero-order valence-corrected chi connectivity index (χ0v) is 27.8. The summed E-state index contributed by atoms with van der Waals surface area (Å²) in [5.41, 5.74) is 6.25. The Morgan fingerprint density at radius 2 is 1.76 bits per heavy atom. The van der Waals surface area contributed by atoms with Gasteiger partial charge in [0.1, 0.15) is 6.10 Å². The van der Waals surface area contributed by atoms with Gasteiger partial charge in [0.15, 0.2) is 5.76 Å². The number of ether oxygens (including phenoxy) is 1. The third-order valence-electron chi connectivity index (χ3n) is 9.54. The normalized spacial score (nSPS) is 21.2. The van der Waals surface area contributed by atoms with Crippen LogP contribution in [0.4, 0.5) is 5.69 Å². The summed E-state index contributed by atoms with van der Waals surface area (Å²) in [6.45, 7) is 10.3. The first-order valence-corrected chi connectivity index (χ1v) is 17.1. The lowest BCUT2D eigenvalue weighted by molar-refractivity contribution is -0.149. The van der Waals surface area contributed by atoms with Gasteiger partial charge in [0, 0.05) is 55.5 Å². The molecular formula is C38H45ClN4O3. The van der Waals surface area contributed by atoms with E-state index in [-0.39, 0.29) is 24.0 Å². The van der Waals surface area contributed by atoms with Crippen molar-refractivity contribution in [3.05, 3.63) is 105 Å². The van der Waals surface area contributed by atoms with Crippen molar-refractivity contribution < 1.29 is 14.3 Å². The Kier molecular flexibility index (Phi) is 10.3. The van der Waals surface area contributed by atoms with E-state index in [4.69, 9.17) is 16.3 Å². The van der Waals surface area contributed by atoms with Crippen LogP contribution in [0.3, 0.4) is 0 Å². The third-order valence-corrected chi connectivity index (χ3v) is 9.78. The molecule has 2 atom stereocenters. The van der Waals surface area contributed by atoms with Gasteiger partial charge in [-0.1, -0.05) is 66.0 Å². The minimum atomic E-state index is -0.0835. The Bertz CT molecular complexity index is 1560. The van der Waals surface area contributed by atoms with Crippen LogP contribution in [0.15, 0.2) is 72.5 Å². The highest BCUT2D eigenvalue weighted by Gasteiger charge is 2.41. The quantitative estimate of drug-likeness (QED) is 0.211. The lowest BCUT2D eigenvalue weighted by atomic mass is 9.89. The maximum absolute atomic E-state index is 13.7. The predicted octanol–water partition coefficient (Wildman–Crippen LogP) is 6.61. The van der Waals surface area contributed by atoms with E-state index < -0.39 is 0 Å². The van der Waals surface area contributed by atoms with Crippen molar-refractivity contribution in [2.75, 3.05) is 44.2 Å². The van der Waals surface area contributed by atoms with Gasteiger partial charge in [-0.15, -0.1) is 0 Å². The fourth-order valence-electron chi connectivity index (χ4n) is 6.99. The van der Waals surface area contributed by atoms with E-state index in [9.17, 15) is 9.59 Å². The highest BCUT2D eigenvalue weighted by Crippen LogP contribution is 2.34. The molecule has 0 bridgehead atoms. The number of halogens is 1. The van der Waals surface area contributed by atoms with Crippen molar-refractivity contribution in [3.63, 3.8) is 0 Å². The second kappa shape index (κ2) is 14.7. The first-order valence-electron chi connectivity index (χ1n) is 16.7. The number of nitrogens with one attached hydrogen (secondary N) is 1. The van der Waals surface area contributed by atoms with Crippen molar-refractivity contribution in [2.24, 2.45) is 0 Å². The first-order chi connectivity index (χ1) is 22.3. The monoisotopic (exact) mass is 640 g/mol. The minimum absolute atomic E-state index is 0.0172. The summed E-state index contributed by atoms with van der Waals surface area (Å²) in [6, 6.07) is 22.0. The second-order valence-corrected chi connectivity index (χ2v) is 13.4. The zero-order chi connectivity index (χ0) is 32.0. The van der Waals surface area contributed by atoms with E-state index in [1.807, 2.05) is 41.3 Å². The summed E-state index contributed by atoms with van der Waals surface area (Å²) in [5, 5.41) is 3.84. The van der Waals surface area contributed by atoms with Crippen LogP contribution in [-0.4, -0.2) is 73.0 Å². The number of aryl methyl sites for hydroxylation is 2. The van der Waals surface area contributed by atoms with E-state index in [1.165, 1.54) is 16.8 Å². The molecule has 3 aromatic rings. The maximum atomic E-state index is 13.7. The number of carbonyl (C=O) groups excluding carboxylic acids is 2. The predicted molar refractivity (Wildman–Crippen MR) is 185 cm³/mol. The van der Waals surface area contributed by atoms with Crippen LogP contribution in [-0.2, 0) is 16.1 Å². The van der Waals surface area contributed by atoms with Gasteiger partial charge in [0.2, 0.25) is 0 Å². The second-order valence-electron chi connectivity index (χ2n) is 12.9. The molecule has 0 spiro atoms. The molecule has 1 saturated carbocycles. The highest BCUT2D eigenvalue weighted by atomic mass is 35.5. The van der Waals surface area contributed by atoms with E-state index in [0.29, 0.717) is 24.4 Å². The number of rotatable bonds is 9. The molecule has 46 heavy (non-hydrogen) atoms. The molecule has 1 aliphatic carbocycles. The lowest BCUT2D eigenvalue weighted by Gasteiger charge is -2.44. The maximum Gasteiger partial charge on any atom is 0.289 e. The topological polar surface area (TPSA) is 65.1 Å². The Morgan fingerprint density at radius 1 is 0.978 bits per heavy atom. The number of morpholine rings is 1. The lowest BCUT2D eigenvalue weighted by Crippen LogP contribution is -2.54. The molecule has 2 heterocycles. The van der Waals surface area contributed by atoms with Crippen LogP contribution in [0.25, 0.3) is 6.08 Å². The van der Waals surface area contributed by atoms with Crippen LogP contribution in [0, 0.1) is 13.8 Å². The molecule has 0 aromatic heterocycles. The van der Waals surface area contributed by atoms with E-state index in [0.717, 1.165) is 81.0 Å². The highest BCUT2D eigenvalue weighted by molar-refractivity contribution is 6.30. The van der Waals surface area contributed by atoms with Crippen LogP contribution < -0.4 is 10.2 Å². The summed E-state index contributed by atoms with van der Waals surface area (Å²) in [7, 11) is 0. The average Bonchev–Trinajstić information content (AvgIpc) is 3.07. The minimum Gasteiger partial charge on any atom is -0.482 e. The number of hydrogen-bond acceptors (Lipinski definition) is 5. The van der Waals surface area contributed by atoms with Gasteiger partial charge in [-0.2, -0.15) is 0 Å². The fraction of sp³-hybridized carbons (Fsp3) is 0.421. The molecular weight excluding hydrogens is 596 g/mol. The van der Waals surface area contributed by atoms with E-state index >= 15 is 0 Å². The molecule has 3 aliphatic rings. The standard InChI is InChI=1S/C38H45ClN4O3/c1-27-7-5-8-30(23-27)26-43-33-9-3-4-10-35(33)46-36(38(43)45)24-29-12-14-31(15-13-29)37(44)40-17-6-18-41-19-21-42(22-20-41)34-25-32(39)16-11-28(34)2/h5,7-8,11-16,23-25,33,35H,3-4,6,9-10,17-22,26H2,1-2H3,(H,40,44)/b36-24+. The summed E-state index contributed by atoms with van der Waals surface area (Å²) < 4.78 is 6.31. The molecule has 3 fully saturated rings. The molecule has 1 N–H and O–H groups in total. The number of amides is 2. The van der Waals surface area contributed by atoms with Gasteiger partial charge < -0.3 is 19.9 Å². The molecule has 6 rings (SSSR count). The molecule has 0 radical (unpaired) electrons. The van der Waals surface area contributed by atoms with Gasteiger partial charge in [0.05, 0.1) is 6.04 Å². The number of benzene rings is 3. The summed E-state index contributed by atoms with van der Waals surface area (Å²) in [4.78, 5) is 33.4. The molecule has 7 nitrogen and oxygen atoms in total. The van der Waals surface area contributed by atoms with Gasteiger partial charge >= 0.3 is 0 Å². The molecule has 3 aromatic carbocycles. The zero-order valence-electron chi connectivity index (χ0n) is 27.0. The van der Waals surface area contributed by atoms with Crippen LogP contribution in [0.2, 0.25) is 5.02 Å². The number of anilines is 1. The number of nitrogens with zero attached hydrogens (tertiary/aromatic N) is 3. The Morgan fingerprint density at radius 3 is 2.54 bits per heavy atom. The smallest absolute Gasteiger partial charge is 0.289 e. The largest absolute Gasteiger partial charge is 0.482 e. The number of carbonyl (C=O) groups is 2. The average molecular weight is 641 g/mol. The number of fused-ring (bicyclic) bond motifs is 1. The van der Waals surface area contributed by atoms with Crippen LogP contribution in [0.1, 0.15) is 64.7 Å². The Balaban J connectivity index is 0.993. The Labute approximate surface area is 278 Å². The molecule has 242 valence electrons. The van der Waals surface area contributed by atoms with Gasteiger partial charge in [-0.05, 0) is 93.1 Å². The summed E-state index contributed by atoms with van der Waals surface area (Å²) in [5.74, 6) is 0.240. The molecule has 2 unspecified atom stereocenters. The number of piperazine rings is 1. The molecule has 2 amide bonds. The van der Waals surface area contributed by atoms with Crippen molar-refractivity contribution in [3.8, 4) is 0 Å². The Hall–Kier alpha value is -3.81. The third kappa shape index (κ3) is 7.76. The molecule has 8 heteroatoms. The van der Waals surface area contributed by atoms with Gasteiger partial charge in [0.25, 0.3) is 11.8 Å². The van der Waals surface area contributed by atoms with Crippen molar-refractivity contribution in [1.29, 1.82) is 0 Å². The summed E-state index contributed by atoms with van der Waals surface area (Å²) in [6.07, 6.45) is 6.90.